The van der Waals surface area contributed by atoms with E-state index in [0.717, 1.165) is 28.9 Å². The maximum absolute atomic E-state index is 12.8. The summed E-state index contributed by atoms with van der Waals surface area (Å²) in [5.41, 5.74) is 6.89. The normalized spacial score (nSPS) is 20.6. The standard InChI is InChI=1S/C20H19ClN6O2S/c21-11-1-3-12(4-2-11)25-20(29)26-8-13-5-6-14(9-26)27(13)19-17-15(23-10-24-19)7-16(30-17)18(22)28/h1-4,7,10,13-14H,5-6,8-9H2,(H2,22,28)(H,25,29)/t13-,14+. The Bertz CT molecular complexity index is 1120. The van der Waals surface area contributed by atoms with Crippen molar-refractivity contribution in [3.05, 3.63) is 46.6 Å². The maximum atomic E-state index is 12.8. The van der Waals surface area contributed by atoms with Crippen molar-refractivity contribution in [3.63, 3.8) is 0 Å². The fourth-order valence-corrected chi connectivity index (χ4v) is 5.38. The van der Waals surface area contributed by atoms with E-state index in [-0.39, 0.29) is 18.1 Å². The van der Waals surface area contributed by atoms with Gasteiger partial charge in [-0.3, -0.25) is 4.79 Å². The van der Waals surface area contributed by atoms with E-state index in [0.29, 0.717) is 28.7 Å². The van der Waals surface area contributed by atoms with Gasteiger partial charge >= 0.3 is 6.03 Å². The maximum Gasteiger partial charge on any atom is 0.321 e. The van der Waals surface area contributed by atoms with Crippen LogP contribution >= 0.6 is 22.9 Å². The fraction of sp³-hybridized carbons (Fsp3) is 0.300. The first-order valence-corrected chi connectivity index (χ1v) is 10.8. The average molecular weight is 443 g/mol. The molecule has 2 aliphatic heterocycles. The number of primary amides is 1. The summed E-state index contributed by atoms with van der Waals surface area (Å²) in [7, 11) is 0. The van der Waals surface area contributed by atoms with Crippen LogP contribution in [0.15, 0.2) is 36.7 Å². The number of rotatable bonds is 3. The summed E-state index contributed by atoms with van der Waals surface area (Å²) in [5, 5.41) is 3.57. The van der Waals surface area contributed by atoms with Crippen LogP contribution in [0.2, 0.25) is 5.02 Å². The third-order valence-corrected chi connectivity index (χ3v) is 7.03. The smallest absolute Gasteiger partial charge is 0.321 e. The van der Waals surface area contributed by atoms with Crippen LogP contribution in [0.5, 0.6) is 0 Å². The highest BCUT2D eigenvalue weighted by atomic mass is 35.5. The molecule has 5 rings (SSSR count). The first-order chi connectivity index (χ1) is 14.5. The van der Waals surface area contributed by atoms with Crippen molar-refractivity contribution in [2.45, 2.75) is 24.9 Å². The lowest BCUT2D eigenvalue weighted by Gasteiger charge is -2.41. The number of carbonyl (C=O) groups is 2. The highest BCUT2D eigenvalue weighted by Gasteiger charge is 2.43. The van der Waals surface area contributed by atoms with Gasteiger partial charge in [0.05, 0.1) is 15.1 Å². The first-order valence-electron chi connectivity index (χ1n) is 9.64. The van der Waals surface area contributed by atoms with E-state index in [1.807, 2.05) is 4.90 Å². The zero-order valence-corrected chi connectivity index (χ0v) is 17.5. The number of urea groups is 1. The number of likely N-dealkylation sites (tertiary alicyclic amines) is 1. The molecule has 2 aromatic heterocycles. The number of halogens is 1. The van der Waals surface area contributed by atoms with Gasteiger partial charge in [0.2, 0.25) is 0 Å². The van der Waals surface area contributed by atoms with Crippen LogP contribution in [0.25, 0.3) is 10.2 Å². The molecule has 10 heteroatoms. The van der Waals surface area contributed by atoms with Crippen molar-refractivity contribution in [2.75, 3.05) is 23.3 Å². The molecule has 3 N–H and O–H groups in total. The minimum Gasteiger partial charge on any atom is -0.365 e. The number of nitrogens with one attached hydrogen (secondary N) is 1. The lowest BCUT2D eigenvalue weighted by Crippen LogP contribution is -2.56. The van der Waals surface area contributed by atoms with Gasteiger partial charge < -0.3 is 20.9 Å². The molecule has 2 saturated heterocycles. The summed E-state index contributed by atoms with van der Waals surface area (Å²) in [6.45, 7) is 1.21. The summed E-state index contributed by atoms with van der Waals surface area (Å²) in [6, 6.07) is 9.00. The van der Waals surface area contributed by atoms with Gasteiger partial charge in [-0.2, -0.15) is 0 Å². The van der Waals surface area contributed by atoms with Gasteiger partial charge in [-0.25, -0.2) is 14.8 Å². The molecule has 0 radical (unpaired) electrons. The number of anilines is 2. The third kappa shape index (κ3) is 3.33. The number of nitrogens with two attached hydrogens (primary N) is 1. The molecule has 154 valence electrons. The molecule has 4 heterocycles. The van der Waals surface area contributed by atoms with Gasteiger partial charge in [0.1, 0.15) is 6.33 Å². The van der Waals surface area contributed by atoms with Gasteiger partial charge in [0, 0.05) is 35.9 Å². The molecule has 1 aromatic carbocycles. The Morgan fingerprint density at radius 3 is 2.50 bits per heavy atom. The van der Waals surface area contributed by atoms with Crippen molar-refractivity contribution in [1.82, 2.24) is 14.9 Å². The van der Waals surface area contributed by atoms with Gasteiger partial charge in [-0.05, 0) is 43.2 Å². The second-order valence-electron chi connectivity index (χ2n) is 7.52. The topological polar surface area (TPSA) is 104 Å². The van der Waals surface area contributed by atoms with E-state index in [2.05, 4.69) is 20.2 Å². The third-order valence-electron chi connectivity index (χ3n) is 5.64. The minimum atomic E-state index is -0.462. The van der Waals surface area contributed by atoms with Crippen molar-refractivity contribution in [3.8, 4) is 0 Å². The molecule has 0 spiro atoms. The van der Waals surface area contributed by atoms with E-state index < -0.39 is 5.91 Å². The van der Waals surface area contributed by atoms with Crippen molar-refractivity contribution in [2.24, 2.45) is 5.73 Å². The lowest BCUT2D eigenvalue weighted by atomic mass is 10.2. The molecule has 2 atom stereocenters. The summed E-state index contributed by atoms with van der Waals surface area (Å²) in [6.07, 6.45) is 3.48. The molecule has 2 bridgehead atoms. The molecule has 0 saturated carbocycles. The molecular weight excluding hydrogens is 424 g/mol. The van der Waals surface area contributed by atoms with E-state index in [1.54, 1.807) is 30.3 Å². The van der Waals surface area contributed by atoms with Crippen LogP contribution < -0.4 is 16.0 Å². The number of nitrogens with zero attached hydrogens (tertiary/aromatic N) is 4. The number of carbonyl (C=O) groups excluding carboxylic acids is 2. The average Bonchev–Trinajstić information content (AvgIpc) is 3.28. The van der Waals surface area contributed by atoms with Crippen LogP contribution in [0, 0.1) is 0 Å². The Balaban J connectivity index is 1.37. The van der Waals surface area contributed by atoms with Gasteiger partial charge in [-0.1, -0.05) is 11.6 Å². The monoisotopic (exact) mass is 442 g/mol. The molecule has 30 heavy (non-hydrogen) atoms. The summed E-state index contributed by atoms with van der Waals surface area (Å²) in [5.74, 6) is 0.360. The highest BCUT2D eigenvalue weighted by molar-refractivity contribution is 7.21. The van der Waals surface area contributed by atoms with Crippen LogP contribution in [0.3, 0.4) is 0 Å². The predicted molar refractivity (Wildman–Crippen MR) is 117 cm³/mol. The molecule has 3 amide bonds. The lowest BCUT2D eigenvalue weighted by molar-refractivity contribution is 0.100. The summed E-state index contributed by atoms with van der Waals surface area (Å²) in [4.78, 5) is 37.8. The number of piperazine rings is 1. The number of aromatic nitrogens is 2. The second kappa shape index (κ2) is 7.41. The number of amides is 3. The van der Waals surface area contributed by atoms with Crippen LogP contribution in [-0.4, -0.2) is 52.0 Å². The molecule has 0 aliphatic carbocycles. The minimum absolute atomic E-state index is 0.117. The number of thiophene rings is 1. The quantitative estimate of drug-likeness (QED) is 0.647. The second-order valence-corrected chi connectivity index (χ2v) is 9.01. The van der Waals surface area contributed by atoms with E-state index in [1.165, 1.54) is 17.7 Å². The molecular formula is C20H19ClN6O2S. The van der Waals surface area contributed by atoms with Crippen molar-refractivity contribution >= 4 is 56.6 Å². The van der Waals surface area contributed by atoms with E-state index >= 15 is 0 Å². The summed E-state index contributed by atoms with van der Waals surface area (Å²) < 4.78 is 0.863. The Morgan fingerprint density at radius 2 is 1.83 bits per heavy atom. The Morgan fingerprint density at radius 1 is 1.13 bits per heavy atom. The molecule has 2 fully saturated rings. The molecule has 8 nitrogen and oxygen atoms in total. The number of hydrogen-bond acceptors (Lipinski definition) is 6. The van der Waals surface area contributed by atoms with Gasteiger partial charge in [0.25, 0.3) is 5.91 Å². The molecule has 3 aromatic rings. The molecule has 2 aliphatic rings. The van der Waals surface area contributed by atoms with Crippen molar-refractivity contribution < 1.29 is 9.59 Å². The fourth-order valence-electron chi connectivity index (χ4n) is 4.30. The number of benzene rings is 1. The zero-order chi connectivity index (χ0) is 20.8. The summed E-state index contributed by atoms with van der Waals surface area (Å²) >= 11 is 7.24. The first kappa shape index (κ1) is 19.1. The van der Waals surface area contributed by atoms with Crippen LogP contribution in [0.4, 0.5) is 16.3 Å². The van der Waals surface area contributed by atoms with Gasteiger partial charge in [-0.15, -0.1) is 11.3 Å². The Kier molecular flexibility index (Phi) is 4.71. The number of hydrogen-bond donors (Lipinski definition) is 2. The Labute approximate surface area is 181 Å². The van der Waals surface area contributed by atoms with Crippen LogP contribution in [0.1, 0.15) is 22.5 Å². The van der Waals surface area contributed by atoms with Crippen LogP contribution in [-0.2, 0) is 0 Å². The SMILES string of the molecule is NC(=O)c1cc2ncnc(N3[C@@H]4CC[C@H]3CN(C(=O)Nc3ccc(Cl)cc3)C4)c2s1. The van der Waals surface area contributed by atoms with Crippen molar-refractivity contribution in [1.29, 1.82) is 0 Å². The predicted octanol–water partition coefficient (Wildman–Crippen LogP) is 3.33. The Hall–Kier alpha value is -2.91. The highest BCUT2D eigenvalue weighted by Crippen LogP contribution is 2.39. The zero-order valence-electron chi connectivity index (χ0n) is 15.9. The molecule has 0 unspecified atom stereocenters. The number of fused-ring (bicyclic) bond motifs is 3. The van der Waals surface area contributed by atoms with E-state index in [9.17, 15) is 9.59 Å². The van der Waals surface area contributed by atoms with E-state index in [4.69, 9.17) is 17.3 Å². The largest absolute Gasteiger partial charge is 0.365 e. The van der Waals surface area contributed by atoms with Gasteiger partial charge in [0.15, 0.2) is 5.82 Å².